The van der Waals surface area contributed by atoms with Crippen LogP contribution in [-0.4, -0.2) is 58.6 Å². The molecule has 1 unspecified atom stereocenters. The summed E-state index contributed by atoms with van der Waals surface area (Å²) in [7, 11) is -1.61. The normalized spacial score (nSPS) is 18.9. The third-order valence-electron chi connectivity index (χ3n) is 4.95. The number of alkyl halides is 3. The molecule has 3 rings (SSSR count). The largest absolute Gasteiger partial charge is 0.417 e. The molecule has 1 atom stereocenters. The van der Waals surface area contributed by atoms with Crippen LogP contribution >= 0.6 is 0 Å². The van der Waals surface area contributed by atoms with Crippen LogP contribution in [0.15, 0.2) is 24.5 Å². The number of nitrogens with zero attached hydrogens (tertiary/aromatic N) is 4. The van der Waals surface area contributed by atoms with Crippen molar-refractivity contribution >= 4 is 15.7 Å². The van der Waals surface area contributed by atoms with Gasteiger partial charge in [0.1, 0.15) is 0 Å². The first-order valence-corrected chi connectivity index (χ1v) is 10.8. The van der Waals surface area contributed by atoms with Crippen LogP contribution in [0, 0.1) is 0 Å². The molecular weight excluding hydrogens is 409 g/mol. The van der Waals surface area contributed by atoms with Crippen LogP contribution in [0.5, 0.6) is 0 Å². The van der Waals surface area contributed by atoms with E-state index in [9.17, 15) is 26.4 Å². The van der Waals surface area contributed by atoms with Crippen molar-refractivity contribution in [2.45, 2.75) is 38.4 Å². The molecule has 1 aliphatic rings. The highest BCUT2D eigenvalue weighted by Gasteiger charge is 2.35. The van der Waals surface area contributed by atoms with E-state index in [1.807, 2.05) is 13.8 Å². The number of aromatic nitrogens is 3. The van der Waals surface area contributed by atoms with Gasteiger partial charge in [0.15, 0.2) is 15.7 Å². The van der Waals surface area contributed by atoms with E-state index in [2.05, 4.69) is 10.1 Å². The molecule has 0 aromatic carbocycles. The Morgan fingerprint density at radius 1 is 1.28 bits per heavy atom. The molecular formula is C18H21F3N4O3S. The second kappa shape index (κ2) is 7.43. The van der Waals surface area contributed by atoms with Gasteiger partial charge in [0.25, 0.3) is 5.91 Å². The van der Waals surface area contributed by atoms with Crippen LogP contribution < -0.4 is 0 Å². The van der Waals surface area contributed by atoms with Crippen LogP contribution in [0.2, 0.25) is 0 Å². The van der Waals surface area contributed by atoms with Crippen molar-refractivity contribution in [1.82, 2.24) is 19.7 Å². The van der Waals surface area contributed by atoms with E-state index >= 15 is 0 Å². The van der Waals surface area contributed by atoms with Crippen LogP contribution in [0.4, 0.5) is 13.2 Å². The second-order valence-electron chi connectivity index (χ2n) is 7.39. The van der Waals surface area contributed by atoms with Crippen LogP contribution in [0.1, 0.15) is 47.8 Å². The number of amides is 1. The van der Waals surface area contributed by atoms with Gasteiger partial charge in [0, 0.05) is 19.3 Å². The first-order valence-electron chi connectivity index (χ1n) is 9.00. The van der Waals surface area contributed by atoms with Crippen LogP contribution in [0.25, 0.3) is 5.82 Å². The molecule has 29 heavy (non-hydrogen) atoms. The summed E-state index contributed by atoms with van der Waals surface area (Å²) in [4.78, 5) is 18.3. The molecule has 1 fully saturated rings. The summed E-state index contributed by atoms with van der Waals surface area (Å²) < 4.78 is 63.1. The highest BCUT2D eigenvalue weighted by molar-refractivity contribution is 7.91. The molecule has 2 aromatic rings. The summed E-state index contributed by atoms with van der Waals surface area (Å²) in [5, 5.41) is 4.17. The van der Waals surface area contributed by atoms with Gasteiger partial charge in [-0.1, -0.05) is 13.8 Å². The molecule has 7 nitrogen and oxygen atoms in total. The van der Waals surface area contributed by atoms with Crippen molar-refractivity contribution < 1.29 is 26.4 Å². The summed E-state index contributed by atoms with van der Waals surface area (Å²) in [6, 6.07) is 1.69. The molecule has 0 N–H and O–H groups in total. The molecule has 0 aliphatic carbocycles. The zero-order valence-electron chi connectivity index (χ0n) is 16.1. The summed E-state index contributed by atoms with van der Waals surface area (Å²) in [6.45, 7) is 3.66. The molecule has 11 heteroatoms. The molecule has 0 spiro atoms. The van der Waals surface area contributed by atoms with Crippen molar-refractivity contribution in [2.75, 3.05) is 18.6 Å². The maximum atomic E-state index is 13.0. The van der Waals surface area contributed by atoms with Crippen molar-refractivity contribution in [1.29, 1.82) is 0 Å². The minimum absolute atomic E-state index is 0.0427. The molecule has 0 saturated carbocycles. The lowest BCUT2D eigenvalue weighted by Gasteiger charge is -2.24. The molecule has 1 amide bonds. The Labute approximate surface area is 166 Å². The van der Waals surface area contributed by atoms with Crippen molar-refractivity contribution in [2.24, 2.45) is 0 Å². The quantitative estimate of drug-likeness (QED) is 0.745. The first-order chi connectivity index (χ1) is 13.4. The lowest BCUT2D eigenvalue weighted by molar-refractivity contribution is -0.137. The predicted molar refractivity (Wildman–Crippen MR) is 99.6 cm³/mol. The summed E-state index contributed by atoms with van der Waals surface area (Å²) in [5.41, 5.74) is -0.110. The zero-order valence-corrected chi connectivity index (χ0v) is 17.0. The average molecular weight is 430 g/mol. The Bertz CT molecular complexity index is 1010. The van der Waals surface area contributed by atoms with Gasteiger partial charge in [0.05, 0.1) is 34.5 Å². The molecule has 158 valence electrons. The Morgan fingerprint density at radius 3 is 2.45 bits per heavy atom. The molecule has 0 radical (unpaired) electrons. The van der Waals surface area contributed by atoms with E-state index in [1.165, 1.54) is 21.8 Å². The Kier molecular flexibility index (Phi) is 5.46. The molecule has 2 aromatic heterocycles. The van der Waals surface area contributed by atoms with Gasteiger partial charge >= 0.3 is 6.18 Å². The standard InChI is InChI=1S/C18H21F3N4O3S/c1-11(2)16-14(17(26)24(3)13-6-7-29(27,28)10-13)9-23-25(16)15-5-4-12(8-22-15)18(19,20)21/h4-5,8-9,11,13H,6-7,10H2,1-3H3. The molecule has 0 bridgehead atoms. The Morgan fingerprint density at radius 2 is 1.97 bits per heavy atom. The minimum Gasteiger partial charge on any atom is -0.338 e. The number of halogens is 3. The van der Waals surface area contributed by atoms with Gasteiger partial charge in [-0.15, -0.1) is 0 Å². The van der Waals surface area contributed by atoms with Gasteiger partial charge < -0.3 is 4.90 Å². The van der Waals surface area contributed by atoms with Crippen molar-refractivity contribution in [3.8, 4) is 5.82 Å². The zero-order chi connectivity index (χ0) is 21.6. The van der Waals surface area contributed by atoms with Crippen molar-refractivity contribution in [3.63, 3.8) is 0 Å². The lowest BCUT2D eigenvalue weighted by Crippen LogP contribution is -2.38. The number of carbonyl (C=O) groups is 1. The van der Waals surface area contributed by atoms with E-state index in [0.29, 0.717) is 12.1 Å². The van der Waals surface area contributed by atoms with E-state index in [1.54, 1.807) is 7.05 Å². The second-order valence-corrected chi connectivity index (χ2v) is 9.61. The fourth-order valence-electron chi connectivity index (χ4n) is 3.38. The summed E-state index contributed by atoms with van der Waals surface area (Å²) in [6.07, 6.45) is -2.06. The smallest absolute Gasteiger partial charge is 0.338 e. The van der Waals surface area contributed by atoms with Crippen LogP contribution in [0.3, 0.4) is 0 Å². The maximum Gasteiger partial charge on any atom is 0.417 e. The van der Waals surface area contributed by atoms with E-state index < -0.39 is 27.6 Å². The van der Waals surface area contributed by atoms with Gasteiger partial charge in [-0.25, -0.2) is 18.1 Å². The minimum atomic E-state index is -4.50. The number of pyridine rings is 1. The lowest BCUT2D eigenvalue weighted by atomic mass is 10.0. The average Bonchev–Trinajstić information content (AvgIpc) is 3.23. The van der Waals surface area contributed by atoms with E-state index in [0.717, 1.165) is 12.3 Å². The van der Waals surface area contributed by atoms with Crippen molar-refractivity contribution in [3.05, 3.63) is 41.3 Å². The van der Waals surface area contributed by atoms with Gasteiger partial charge in [0.2, 0.25) is 0 Å². The fourth-order valence-corrected chi connectivity index (χ4v) is 5.15. The third kappa shape index (κ3) is 4.29. The third-order valence-corrected chi connectivity index (χ3v) is 6.70. The Balaban J connectivity index is 1.94. The number of sulfone groups is 1. The number of hydrogen-bond donors (Lipinski definition) is 0. The first kappa shape index (κ1) is 21.3. The molecule has 1 aliphatic heterocycles. The molecule has 1 saturated heterocycles. The van der Waals surface area contributed by atoms with E-state index in [-0.39, 0.29) is 34.7 Å². The number of hydrogen-bond acceptors (Lipinski definition) is 5. The van der Waals surface area contributed by atoms with Crippen LogP contribution in [-0.2, 0) is 16.0 Å². The SMILES string of the molecule is CC(C)c1c(C(=O)N(C)C2CCS(=O)(=O)C2)cnn1-c1ccc(C(F)(F)F)cn1. The molecule has 3 heterocycles. The van der Waals surface area contributed by atoms with Gasteiger partial charge in [-0.05, 0) is 24.5 Å². The number of carbonyl (C=O) groups excluding carboxylic acids is 1. The highest BCUT2D eigenvalue weighted by atomic mass is 32.2. The summed E-state index contributed by atoms with van der Waals surface area (Å²) >= 11 is 0. The number of rotatable bonds is 4. The summed E-state index contributed by atoms with van der Waals surface area (Å²) in [5.74, 6) is -0.441. The fraction of sp³-hybridized carbons (Fsp3) is 0.500. The van der Waals surface area contributed by atoms with E-state index in [4.69, 9.17) is 0 Å². The Hall–Kier alpha value is -2.43. The topological polar surface area (TPSA) is 85.2 Å². The van der Waals surface area contributed by atoms with Gasteiger partial charge in [-0.3, -0.25) is 4.79 Å². The monoisotopic (exact) mass is 430 g/mol. The van der Waals surface area contributed by atoms with Gasteiger partial charge in [-0.2, -0.15) is 18.3 Å². The maximum absolute atomic E-state index is 13.0. The highest BCUT2D eigenvalue weighted by Crippen LogP contribution is 2.30. The predicted octanol–water partition coefficient (Wildman–Crippen LogP) is 2.67.